The molecular formula is C12H17NO2. The highest BCUT2D eigenvalue weighted by molar-refractivity contribution is 4.97. The van der Waals surface area contributed by atoms with Crippen molar-refractivity contribution in [2.45, 2.75) is 38.3 Å². The lowest BCUT2D eigenvalue weighted by molar-refractivity contribution is 0.0777. The highest BCUT2D eigenvalue weighted by Crippen LogP contribution is 2.33. The van der Waals surface area contributed by atoms with Gasteiger partial charge in [-0.2, -0.15) is 0 Å². The van der Waals surface area contributed by atoms with E-state index in [4.69, 9.17) is 0 Å². The van der Waals surface area contributed by atoms with Crippen LogP contribution in [0.25, 0.3) is 0 Å². The molecule has 3 unspecified atom stereocenters. The van der Waals surface area contributed by atoms with Gasteiger partial charge in [-0.05, 0) is 25.2 Å². The van der Waals surface area contributed by atoms with Crippen LogP contribution < -0.4 is 5.43 Å². The summed E-state index contributed by atoms with van der Waals surface area (Å²) in [4.78, 5) is 11.0. The van der Waals surface area contributed by atoms with E-state index in [1.54, 1.807) is 12.1 Å². The van der Waals surface area contributed by atoms with Crippen LogP contribution in [0.1, 0.15) is 32.2 Å². The summed E-state index contributed by atoms with van der Waals surface area (Å²) >= 11 is 0. The fraction of sp³-hybridized carbons (Fsp3) is 0.583. The second kappa shape index (κ2) is 4.19. The topological polar surface area (TPSA) is 42.2 Å². The molecule has 0 aliphatic heterocycles. The lowest BCUT2D eigenvalue weighted by Crippen LogP contribution is -2.28. The third kappa shape index (κ3) is 2.29. The van der Waals surface area contributed by atoms with Crippen molar-refractivity contribution in [2.24, 2.45) is 5.92 Å². The normalized spacial score (nSPS) is 31.5. The van der Waals surface area contributed by atoms with Crippen molar-refractivity contribution in [1.29, 1.82) is 0 Å². The second-order valence-corrected chi connectivity index (χ2v) is 4.49. The molecule has 3 nitrogen and oxygen atoms in total. The largest absolute Gasteiger partial charge is 0.393 e. The van der Waals surface area contributed by atoms with E-state index in [9.17, 15) is 9.90 Å². The fourth-order valence-electron chi connectivity index (χ4n) is 2.34. The molecule has 1 N–H and O–H groups in total. The number of rotatable bonds is 1. The van der Waals surface area contributed by atoms with Gasteiger partial charge in [0.15, 0.2) is 5.43 Å². The molecular weight excluding hydrogens is 190 g/mol. The first-order valence-corrected chi connectivity index (χ1v) is 5.52. The molecule has 2 rings (SSSR count). The fourth-order valence-corrected chi connectivity index (χ4v) is 2.34. The van der Waals surface area contributed by atoms with Gasteiger partial charge in [-0.25, -0.2) is 0 Å². The van der Waals surface area contributed by atoms with E-state index in [1.165, 1.54) is 0 Å². The number of pyridine rings is 1. The molecule has 1 aliphatic carbocycles. The van der Waals surface area contributed by atoms with Gasteiger partial charge in [0.2, 0.25) is 0 Å². The Balaban J connectivity index is 2.21. The van der Waals surface area contributed by atoms with Gasteiger partial charge < -0.3 is 9.67 Å². The van der Waals surface area contributed by atoms with Crippen LogP contribution in [0, 0.1) is 5.92 Å². The van der Waals surface area contributed by atoms with Crippen molar-refractivity contribution < 1.29 is 5.11 Å². The van der Waals surface area contributed by atoms with Gasteiger partial charge in [0.25, 0.3) is 0 Å². The molecule has 82 valence electrons. The maximum atomic E-state index is 11.0. The van der Waals surface area contributed by atoms with Crippen molar-refractivity contribution in [3.8, 4) is 0 Å². The average Bonchev–Trinajstić information content (AvgIpc) is 2.23. The summed E-state index contributed by atoms with van der Waals surface area (Å²) in [6.07, 6.45) is 6.20. The van der Waals surface area contributed by atoms with Crippen LogP contribution >= 0.6 is 0 Å². The number of hydrogen-bond acceptors (Lipinski definition) is 2. The van der Waals surface area contributed by atoms with Crippen LogP contribution in [-0.2, 0) is 0 Å². The predicted octanol–water partition coefficient (Wildman–Crippen LogP) is 1.57. The Morgan fingerprint density at radius 3 is 2.67 bits per heavy atom. The number of aliphatic hydroxyl groups excluding tert-OH is 1. The molecule has 1 fully saturated rings. The first-order chi connectivity index (χ1) is 7.16. The van der Waals surface area contributed by atoms with E-state index in [0.717, 1.165) is 19.3 Å². The zero-order chi connectivity index (χ0) is 10.8. The third-order valence-corrected chi connectivity index (χ3v) is 3.33. The monoisotopic (exact) mass is 207 g/mol. The minimum atomic E-state index is -0.189. The van der Waals surface area contributed by atoms with Crippen LogP contribution in [-0.4, -0.2) is 15.8 Å². The summed E-state index contributed by atoms with van der Waals surface area (Å²) in [6.45, 7) is 2.20. The Kier molecular flexibility index (Phi) is 2.91. The summed E-state index contributed by atoms with van der Waals surface area (Å²) < 4.78 is 2.05. The van der Waals surface area contributed by atoms with Gasteiger partial charge in [-0.1, -0.05) is 6.92 Å². The summed E-state index contributed by atoms with van der Waals surface area (Å²) in [5, 5.41) is 9.64. The van der Waals surface area contributed by atoms with E-state index in [-0.39, 0.29) is 11.5 Å². The maximum absolute atomic E-state index is 11.0. The number of aliphatic hydroxyl groups is 1. The smallest absolute Gasteiger partial charge is 0.181 e. The summed E-state index contributed by atoms with van der Waals surface area (Å²) in [7, 11) is 0. The number of nitrogens with zero attached hydrogens (tertiary/aromatic N) is 1. The Morgan fingerprint density at radius 2 is 2.00 bits per heavy atom. The van der Waals surface area contributed by atoms with Crippen molar-refractivity contribution >= 4 is 0 Å². The van der Waals surface area contributed by atoms with Crippen LogP contribution in [0.5, 0.6) is 0 Å². The van der Waals surface area contributed by atoms with Crippen molar-refractivity contribution in [3.63, 3.8) is 0 Å². The zero-order valence-corrected chi connectivity index (χ0v) is 8.97. The number of aromatic nitrogens is 1. The lowest BCUT2D eigenvalue weighted by Gasteiger charge is -2.33. The molecule has 0 saturated heterocycles. The van der Waals surface area contributed by atoms with Gasteiger partial charge in [-0.3, -0.25) is 4.79 Å². The van der Waals surface area contributed by atoms with Gasteiger partial charge >= 0.3 is 0 Å². The lowest BCUT2D eigenvalue weighted by atomic mass is 9.84. The molecule has 1 heterocycles. The molecule has 0 aromatic carbocycles. The van der Waals surface area contributed by atoms with Crippen LogP contribution in [0.4, 0.5) is 0 Å². The summed E-state index contributed by atoms with van der Waals surface area (Å²) in [5.74, 6) is 0.566. The SMILES string of the molecule is CC1CCC(O)CC1n1ccc(=O)cc1. The summed E-state index contributed by atoms with van der Waals surface area (Å²) in [5.41, 5.74) is 0.0373. The molecule has 3 heteroatoms. The van der Waals surface area contributed by atoms with E-state index in [1.807, 2.05) is 12.4 Å². The second-order valence-electron chi connectivity index (χ2n) is 4.49. The molecule has 0 bridgehead atoms. The molecule has 0 spiro atoms. The Hall–Kier alpha value is -1.09. The standard InChI is InChI=1S/C12H17NO2/c1-9-2-3-11(15)8-12(9)13-6-4-10(14)5-7-13/h4-7,9,11-12,15H,2-3,8H2,1H3. The third-order valence-electron chi connectivity index (χ3n) is 3.33. The van der Waals surface area contributed by atoms with E-state index >= 15 is 0 Å². The molecule has 1 aromatic heterocycles. The van der Waals surface area contributed by atoms with Crippen LogP contribution in [0.15, 0.2) is 29.3 Å². The zero-order valence-electron chi connectivity index (χ0n) is 8.97. The quantitative estimate of drug-likeness (QED) is 0.759. The first-order valence-electron chi connectivity index (χ1n) is 5.52. The van der Waals surface area contributed by atoms with E-state index in [0.29, 0.717) is 12.0 Å². The summed E-state index contributed by atoms with van der Waals surface area (Å²) in [6, 6.07) is 3.48. The van der Waals surface area contributed by atoms with Crippen molar-refractivity contribution in [2.75, 3.05) is 0 Å². The molecule has 15 heavy (non-hydrogen) atoms. The number of hydrogen-bond donors (Lipinski definition) is 1. The molecule has 1 aliphatic rings. The highest BCUT2D eigenvalue weighted by atomic mass is 16.3. The molecule has 0 radical (unpaired) electrons. The Labute approximate surface area is 89.4 Å². The molecule has 1 saturated carbocycles. The molecule has 3 atom stereocenters. The van der Waals surface area contributed by atoms with Gasteiger partial charge in [0.1, 0.15) is 0 Å². The van der Waals surface area contributed by atoms with Crippen molar-refractivity contribution in [3.05, 3.63) is 34.7 Å². The van der Waals surface area contributed by atoms with E-state index in [2.05, 4.69) is 11.5 Å². The maximum Gasteiger partial charge on any atom is 0.181 e. The van der Waals surface area contributed by atoms with Gasteiger partial charge in [0.05, 0.1) is 6.10 Å². The van der Waals surface area contributed by atoms with Gasteiger partial charge in [-0.15, -0.1) is 0 Å². The van der Waals surface area contributed by atoms with Crippen LogP contribution in [0.3, 0.4) is 0 Å². The molecule has 1 aromatic rings. The Bertz CT molecular complexity index is 365. The van der Waals surface area contributed by atoms with Crippen molar-refractivity contribution in [1.82, 2.24) is 4.57 Å². The minimum Gasteiger partial charge on any atom is -0.393 e. The highest BCUT2D eigenvalue weighted by Gasteiger charge is 2.26. The first kappa shape index (κ1) is 10.4. The minimum absolute atomic E-state index is 0.0373. The predicted molar refractivity (Wildman–Crippen MR) is 58.8 cm³/mol. The van der Waals surface area contributed by atoms with E-state index < -0.39 is 0 Å². The Morgan fingerprint density at radius 1 is 1.33 bits per heavy atom. The van der Waals surface area contributed by atoms with Crippen LogP contribution in [0.2, 0.25) is 0 Å². The average molecular weight is 207 g/mol. The van der Waals surface area contributed by atoms with Gasteiger partial charge in [0, 0.05) is 30.6 Å². The molecule has 0 amide bonds.